The number of rotatable bonds is 4. The molecule has 0 aliphatic carbocycles. The summed E-state index contributed by atoms with van der Waals surface area (Å²) in [5, 5.41) is 18.0. The molecule has 1 aromatic carbocycles. The summed E-state index contributed by atoms with van der Waals surface area (Å²) in [7, 11) is 0. The van der Waals surface area contributed by atoms with Crippen LogP contribution in [0.1, 0.15) is 6.92 Å². The third-order valence-electron chi connectivity index (χ3n) is 2.07. The topological polar surface area (TPSA) is 70.3 Å². The summed E-state index contributed by atoms with van der Waals surface area (Å²) in [4.78, 5) is 10.8. The van der Waals surface area contributed by atoms with Crippen molar-refractivity contribution in [2.45, 2.75) is 6.92 Å². The molecule has 0 heterocycles. The van der Waals surface area contributed by atoms with Gasteiger partial charge in [-0.3, -0.25) is 4.79 Å². The Morgan fingerprint density at radius 2 is 2.25 bits per heavy atom. The Morgan fingerprint density at radius 3 is 2.75 bits per heavy atom. The molecule has 5 heteroatoms. The number of nitriles is 1. The van der Waals surface area contributed by atoms with Gasteiger partial charge in [0.05, 0.1) is 11.1 Å². The van der Waals surface area contributed by atoms with E-state index in [1.54, 1.807) is 30.3 Å². The molecule has 1 rings (SSSR count). The van der Waals surface area contributed by atoms with Gasteiger partial charge in [0.1, 0.15) is 12.4 Å². The average Bonchev–Trinajstić information content (AvgIpc) is 2.27. The Kier molecular flexibility index (Phi) is 3.75. The van der Waals surface area contributed by atoms with Crippen molar-refractivity contribution in [3.63, 3.8) is 0 Å². The van der Waals surface area contributed by atoms with Gasteiger partial charge in [-0.2, -0.15) is 5.26 Å². The summed E-state index contributed by atoms with van der Waals surface area (Å²) < 4.78 is 5.22. The second-order valence-electron chi connectivity index (χ2n) is 3.47. The third kappa shape index (κ3) is 2.65. The van der Waals surface area contributed by atoms with Gasteiger partial charge < -0.3 is 9.84 Å². The van der Waals surface area contributed by atoms with Crippen LogP contribution in [0, 0.1) is 16.7 Å². The molecule has 1 aromatic rings. The van der Waals surface area contributed by atoms with Crippen molar-refractivity contribution in [3.8, 4) is 11.8 Å². The van der Waals surface area contributed by atoms with E-state index in [1.165, 1.54) is 6.92 Å². The van der Waals surface area contributed by atoms with Crippen LogP contribution in [0.15, 0.2) is 24.3 Å². The Labute approximate surface area is 98.0 Å². The minimum absolute atomic E-state index is 0.247. The van der Waals surface area contributed by atoms with E-state index in [4.69, 9.17) is 26.7 Å². The number of halogens is 1. The van der Waals surface area contributed by atoms with Crippen molar-refractivity contribution in [2.24, 2.45) is 5.41 Å². The lowest BCUT2D eigenvalue weighted by molar-refractivity contribution is -0.146. The smallest absolute Gasteiger partial charge is 0.327 e. The molecule has 1 unspecified atom stereocenters. The molecule has 0 aliphatic heterocycles. The van der Waals surface area contributed by atoms with Crippen LogP contribution in [-0.2, 0) is 4.79 Å². The van der Waals surface area contributed by atoms with Crippen LogP contribution in [0.4, 0.5) is 0 Å². The van der Waals surface area contributed by atoms with E-state index in [0.29, 0.717) is 10.8 Å². The zero-order chi connectivity index (χ0) is 12.2. The maximum absolute atomic E-state index is 10.8. The van der Waals surface area contributed by atoms with Crippen molar-refractivity contribution in [2.75, 3.05) is 6.61 Å². The number of para-hydroxylation sites is 1. The number of benzene rings is 1. The van der Waals surface area contributed by atoms with Gasteiger partial charge in [-0.15, -0.1) is 0 Å². The first kappa shape index (κ1) is 12.3. The Bertz CT molecular complexity index is 441. The van der Waals surface area contributed by atoms with E-state index in [1.807, 2.05) is 0 Å². The number of aliphatic carboxylic acids is 1. The van der Waals surface area contributed by atoms with Crippen molar-refractivity contribution in [1.29, 1.82) is 5.26 Å². The average molecular weight is 240 g/mol. The van der Waals surface area contributed by atoms with Crippen LogP contribution in [0.3, 0.4) is 0 Å². The second kappa shape index (κ2) is 4.86. The molecule has 0 amide bonds. The molecule has 0 aliphatic rings. The Balaban J connectivity index is 2.76. The summed E-state index contributed by atoms with van der Waals surface area (Å²) in [5.74, 6) is -0.853. The minimum Gasteiger partial charge on any atom is -0.490 e. The first-order chi connectivity index (χ1) is 7.49. The highest BCUT2D eigenvalue weighted by molar-refractivity contribution is 6.32. The van der Waals surface area contributed by atoms with Gasteiger partial charge in [-0.05, 0) is 19.1 Å². The number of carboxylic acid groups (broad SMARTS) is 1. The predicted molar refractivity (Wildman–Crippen MR) is 58.3 cm³/mol. The fourth-order valence-corrected chi connectivity index (χ4v) is 1.12. The van der Waals surface area contributed by atoms with E-state index in [2.05, 4.69) is 0 Å². The molecule has 1 N–H and O–H groups in total. The third-order valence-corrected chi connectivity index (χ3v) is 2.38. The number of carbonyl (C=O) groups is 1. The molecular weight excluding hydrogens is 230 g/mol. The molecule has 1 atom stereocenters. The first-order valence-electron chi connectivity index (χ1n) is 4.51. The van der Waals surface area contributed by atoms with Gasteiger partial charge in [0.25, 0.3) is 0 Å². The van der Waals surface area contributed by atoms with Gasteiger partial charge >= 0.3 is 5.97 Å². The fourth-order valence-electron chi connectivity index (χ4n) is 0.926. The zero-order valence-corrected chi connectivity index (χ0v) is 9.36. The summed E-state index contributed by atoms with van der Waals surface area (Å²) in [5.41, 5.74) is -1.57. The summed E-state index contributed by atoms with van der Waals surface area (Å²) in [6.07, 6.45) is 0. The van der Waals surface area contributed by atoms with Crippen LogP contribution >= 0.6 is 11.6 Å². The van der Waals surface area contributed by atoms with Crippen molar-refractivity contribution < 1.29 is 14.6 Å². The molecule has 16 heavy (non-hydrogen) atoms. The van der Waals surface area contributed by atoms with Crippen LogP contribution in [0.25, 0.3) is 0 Å². The quantitative estimate of drug-likeness (QED) is 0.876. The van der Waals surface area contributed by atoms with E-state index in [9.17, 15) is 4.79 Å². The van der Waals surface area contributed by atoms with Crippen molar-refractivity contribution >= 4 is 17.6 Å². The standard InChI is InChI=1S/C11H10ClNO3/c1-11(6-13,10(14)15)7-16-9-5-3-2-4-8(9)12/h2-5H,7H2,1H3,(H,14,15). The molecule has 0 spiro atoms. The van der Waals surface area contributed by atoms with Crippen molar-refractivity contribution in [1.82, 2.24) is 0 Å². The highest BCUT2D eigenvalue weighted by Gasteiger charge is 2.34. The van der Waals surface area contributed by atoms with Gasteiger partial charge in [-0.25, -0.2) is 0 Å². The van der Waals surface area contributed by atoms with Gasteiger partial charge in [-0.1, -0.05) is 23.7 Å². The highest BCUT2D eigenvalue weighted by atomic mass is 35.5. The van der Waals surface area contributed by atoms with E-state index in [0.717, 1.165) is 0 Å². The second-order valence-corrected chi connectivity index (χ2v) is 3.88. The highest BCUT2D eigenvalue weighted by Crippen LogP contribution is 2.25. The molecule has 84 valence electrons. The largest absolute Gasteiger partial charge is 0.490 e. The summed E-state index contributed by atoms with van der Waals surface area (Å²) >= 11 is 5.82. The first-order valence-corrected chi connectivity index (χ1v) is 4.89. The number of nitrogens with zero attached hydrogens (tertiary/aromatic N) is 1. The maximum atomic E-state index is 10.8. The number of ether oxygens (including phenoxy) is 1. The summed E-state index contributed by atoms with van der Waals surface area (Å²) in [6.45, 7) is 1.05. The Morgan fingerprint density at radius 1 is 1.62 bits per heavy atom. The fraction of sp³-hybridized carbons (Fsp3) is 0.273. The lowest BCUT2D eigenvalue weighted by Crippen LogP contribution is -2.32. The lowest BCUT2D eigenvalue weighted by atomic mass is 9.94. The van der Waals surface area contributed by atoms with Crippen LogP contribution < -0.4 is 4.74 Å². The zero-order valence-electron chi connectivity index (χ0n) is 8.61. The van der Waals surface area contributed by atoms with Gasteiger partial charge in [0.15, 0.2) is 5.41 Å². The predicted octanol–water partition coefficient (Wildman–Crippen LogP) is 2.33. The van der Waals surface area contributed by atoms with Crippen LogP contribution in [0.2, 0.25) is 5.02 Å². The van der Waals surface area contributed by atoms with Crippen molar-refractivity contribution in [3.05, 3.63) is 29.3 Å². The molecular formula is C11H10ClNO3. The number of hydrogen-bond donors (Lipinski definition) is 1. The van der Waals surface area contributed by atoms with E-state index in [-0.39, 0.29) is 6.61 Å². The Hall–Kier alpha value is -1.73. The molecule has 0 fully saturated rings. The SMILES string of the molecule is CC(C#N)(COc1ccccc1Cl)C(=O)O. The van der Waals surface area contributed by atoms with Crippen LogP contribution in [0.5, 0.6) is 5.75 Å². The monoisotopic (exact) mass is 239 g/mol. The summed E-state index contributed by atoms with van der Waals surface area (Å²) in [6, 6.07) is 8.39. The van der Waals surface area contributed by atoms with Gasteiger partial charge in [0, 0.05) is 0 Å². The minimum atomic E-state index is -1.57. The maximum Gasteiger partial charge on any atom is 0.327 e. The molecule has 0 bridgehead atoms. The van der Waals surface area contributed by atoms with E-state index >= 15 is 0 Å². The molecule has 0 saturated carbocycles. The number of hydrogen-bond acceptors (Lipinski definition) is 3. The molecule has 0 saturated heterocycles. The van der Waals surface area contributed by atoms with Crippen LogP contribution in [-0.4, -0.2) is 17.7 Å². The lowest BCUT2D eigenvalue weighted by Gasteiger charge is -2.17. The molecule has 0 aromatic heterocycles. The van der Waals surface area contributed by atoms with E-state index < -0.39 is 11.4 Å². The van der Waals surface area contributed by atoms with Gasteiger partial charge in [0.2, 0.25) is 0 Å². The molecule has 4 nitrogen and oxygen atoms in total. The molecule has 0 radical (unpaired) electrons. The number of carboxylic acids is 1. The normalized spacial score (nSPS) is 13.6.